The van der Waals surface area contributed by atoms with Crippen molar-refractivity contribution in [3.63, 3.8) is 0 Å². The number of alkyl carbamates (subject to hydrolysis) is 1. The van der Waals surface area contributed by atoms with Gasteiger partial charge in [0.15, 0.2) is 0 Å². The molecule has 0 heterocycles. The average molecular weight is 199 g/mol. The minimum atomic E-state index is -0.812. The molecule has 1 atom stereocenters. The summed E-state index contributed by atoms with van der Waals surface area (Å²) in [7, 11) is 1.17. The quantitative estimate of drug-likeness (QED) is 0.628. The summed E-state index contributed by atoms with van der Waals surface area (Å²) in [6.45, 7) is 0. The summed E-state index contributed by atoms with van der Waals surface area (Å²) in [4.78, 5) is 33.3. The summed E-state index contributed by atoms with van der Waals surface area (Å²) in [5, 5.41) is 2.01. The molecule has 5 nitrogen and oxygen atoms in total. The highest BCUT2D eigenvalue weighted by Crippen LogP contribution is 2.20. The molecule has 1 aliphatic rings. The number of carbonyl (C=O) groups is 3. The second-order valence-electron chi connectivity index (χ2n) is 3.25. The molecule has 1 unspecified atom stereocenters. The Balaban J connectivity index is 2.50. The van der Waals surface area contributed by atoms with E-state index in [1.807, 2.05) is 5.32 Å². The topological polar surface area (TPSA) is 72.5 Å². The highest BCUT2D eigenvalue weighted by molar-refractivity contribution is 6.06. The van der Waals surface area contributed by atoms with E-state index >= 15 is 0 Å². The van der Waals surface area contributed by atoms with Gasteiger partial charge in [-0.15, -0.1) is 0 Å². The van der Waals surface area contributed by atoms with E-state index in [1.54, 1.807) is 0 Å². The molecule has 0 bridgehead atoms. The minimum Gasteiger partial charge on any atom is -0.453 e. The minimum absolute atomic E-state index is 0.0855. The number of hydrogen-bond acceptors (Lipinski definition) is 4. The molecule has 1 aliphatic carbocycles. The van der Waals surface area contributed by atoms with Crippen LogP contribution in [-0.4, -0.2) is 24.9 Å². The summed E-state index contributed by atoms with van der Waals surface area (Å²) in [5.74, 6) is -1.29. The van der Waals surface area contributed by atoms with Crippen molar-refractivity contribution < 1.29 is 19.1 Å². The van der Waals surface area contributed by atoms with E-state index in [1.165, 1.54) is 7.11 Å². The van der Waals surface area contributed by atoms with Crippen LogP contribution in [0.4, 0.5) is 4.79 Å². The normalized spacial score (nSPS) is 21.5. The molecule has 5 heteroatoms. The third-order valence-corrected chi connectivity index (χ3v) is 2.28. The standard InChI is InChI=1S/C9H13NO4/c1-14-9(13)10-8(12)6-4-2-3-5-7(6)11/h6H,2-5H2,1H3,(H,10,12,13). The smallest absolute Gasteiger partial charge is 0.413 e. The number of ketones is 1. The van der Waals surface area contributed by atoms with Crippen LogP contribution in [0.1, 0.15) is 25.7 Å². The first kappa shape index (κ1) is 10.7. The Labute approximate surface area is 81.8 Å². The van der Waals surface area contributed by atoms with Crippen LogP contribution in [0.5, 0.6) is 0 Å². The fourth-order valence-corrected chi connectivity index (χ4v) is 1.50. The van der Waals surface area contributed by atoms with Crippen molar-refractivity contribution in [3.05, 3.63) is 0 Å². The van der Waals surface area contributed by atoms with Gasteiger partial charge in [0, 0.05) is 6.42 Å². The predicted molar refractivity (Wildman–Crippen MR) is 47.5 cm³/mol. The largest absolute Gasteiger partial charge is 0.453 e. The van der Waals surface area contributed by atoms with Gasteiger partial charge in [-0.05, 0) is 12.8 Å². The number of hydrogen-bond donors (Lipinski definition) is 1. The summed E-state index contributed by atoms with van der Waals surface area (Å²) < 4.78 is 4.26. The molecule has 1 N–H and O–H groups in total. The van der Waals surface area contributed by atoms with Crippen LogP contribution in [0.25, 0.3) is 0 Å². The third-order valence-electron chi connectivity index (χ3n) is 2.28. The van der Waals surface area contributed by atoms with Gasteiger partial charge in [-0.1, -0.05) is 6.42 Å². The first-order chi connectivity index (χ1) is 6.65. The molecule has 78 valence electrons. The van der Waals surface area contributed by atoms with Crippen LogP contribution >= 0.6 is 0 Å². The van der Waals surface area contributed by atoms with Crippen molar-refractivity contribution in [1.29, 1.82) is 0 Å². The van der Waals surface area contributed by atoms with Gasteiger partial charge in [0.2, 0.25) is 5.91 Å². The zero-order chi connectivity index (χ0) is 10.6. The van der Waals surface area contributed by atoms with Gasteiger partial charge in [0.25, 0.3) is 0 Å². The van der Waals surface area contributed by atoms with Gasteiger partial charge < -0.3 is 4.74 Å². The van der Waals surface area contributed by atoms with E-state index in [-0.39, 0.29) is 5.78 Å². The van der Waals surface area contributed by atoms with Crippen molar-refractivity contribution in [1.82, 2.24) is 5.32 Å². The monoisotopic (exact) mass is 199 g/mol. The fraction of sp³-hybridized carbons (Fsp3) is 0.667. The van der Waals surface area contributed by atoms with Crippen molar-refractivity contribution in [2.75, 3.05) is 7.11 Å². The van der Waals surface area contributed by atoms with Crippen LogP contribution in [-0.2, 0) is 14.3 Å². The second-order valence-corrected chi connectivity index (χ2v) is 3.25. The van der Waals surface area contributed by atoms with E-state index in [2.05, 4.69) is 4.74 Å². The molecule has 14 heavy (non-hydrogen) atoms. The molecular weight excluding hydrogens is 186 g/mol. The Bertz CT molecular complexity index is 262. The molecule has 0 aliphatic heterocycles. The summed E-state index contributed by atoms with van der Waals surface area (Å²) in [6, 6.07) is 0. The van der Waals surface area contributed by atoms with E-state index in [0.29, 0.717) is 12.8 Å². The molecule has 1 saturated carbocycles. The molecule has 0 aromatic rings. The average Bonchev–Trinajstić information content (AvgIpc) is 2.18. The maximum Gasteiger partial charge on any atom is 0.413 e. The number of imide groups is 1. The molecule has 0 spiro atoms. The number of carbonyl (C=O) groups excluding carboxylic acids is 3. The van der Waals surface area contributed by atoms with Crippen LogP contribution in [0.15, 0.2) is 0 Å². The van der Waals surface area contributed by atoms with Crippen LogP contribution in [0.2, 0.25) is 0 Å². The van der Waals surface area contributed by atoms with E-state index in [4.69, 9.17) is 0 Å². The van der Waals surface area contributed by atoms with Gasteiger partial charge >= 0.3 is 6.09 Å². The molecule has 0 saturated heterocycles. The van der Waals surface area contributed by atoms with Crippen LogP contribution in [0.3, 0.4) is 0 Å². The fourth-order valence-electron chi connectivity index (χ4n) is 1.50. The van der Waals surface area contributed by atoms with Crippen LogP contribution in [0, 0.1) is 5.92 Å². The summed E-state index contributed by atoms with van der Waals surface area (Å²) in [6.07, 6.45) is 1.83. The maximum absolute atomic E-state index is 11.3. The first-order valence-electron chi connectivity index (χ1n) is 4.56. The lowest BCUT2D eigenvalue weighted by Gasteiger charge is -2.18. The van der Waals surface area contributed by atoms with Crippen LogP contribution < -0.4 is 5.32 Å². The molecule has 0 aromatic carbocycles. The Morgan fingerprint density at radius 3 is 2.71 bits per heavy atom. The highest BCUT2D eigenvalue weighted by atomic mass is 16.5. The summed E-state index contributed by atoms with van der Waals surface area (Å²) in [5.41, 5.74) is 0. The van der Waals surface area contributed by atoms with Gasteiger partial charge in [-0.2, -0.15) is 0 Å². The number of ether oxygens (including phenoxy) is 1. The van der Waals surface area contributed by atoms with E-state index in [0.717, 1.165) is 12.8 Å². The Hall–Kier alpha value is -1.39. The lowest BCUT2D eigenvalue weighted by atomic mass is 9.87. The summed E-state index contributed by atoms with van der Waals surface area (Å²) >= 11 is 0. The van der Waals surface area contributed by atoms with E-state index < -0.39 is 17.9 Å². The molecule has 1 fully saturated rings. The predicted octanol–water partition coefficient (Wildman–Crippen LogP) is 0.628. The molecule has 1 rings (SSSR count). The van der Waals surface area contributed by atoms with Crippen molar-refractivity contribution >= 4 is 17.8 Å². The SMILES string of the molecule is COC(=O)NC(=O)C1CCCCC1=O. The Morgan fingerprint density at radius 2 is 2.14 bits per heavy atom. The highest BCUT2D eigenvalue weighted by Gasteiger charge is 2.29. The number of methoxy groups -OCH3 is 1. The zero-order valence-corrected chi connectivity index (χ0v) is 8.04. The van der Waals surface area contributed by atoms with Crippen molar-refractivity contribution in [3.8, 4) is 0 Å². The zero-order valence-electron chi connectivity index (χ0n) is 8.04. The number of Topliss-reactive ketones (excluding diaryl/α,β-unsaturated/α-hetero) is 1. The van der Waals surface area contributed by atoms with Gasteiger partial charge in [-0.25, -0.2) is 4.79 Å². The van der Waals surface area contributed by atoms with Gasteiger partial charge in [-0.3, -0.25) is 14.9 Å². The van der Waals surface area contributed by atoms with Gasteiger partial charge in [0.1, 0.15) is 5.78 Å². The molecule has 2 amide bonds. The Kier molecular flexibility index (Phi) is 3.62. The van der Waals surface area contributed by atoms with Gasteiger partial charge in [0.05, 0.1) is 13.0 Å². The van der Waals surface area contributed by atoms with Crippen molar-refractivity contribution in [2.45, 2.75) is 25.7 Å². The second kappa shape index (κ2) is 4.74. The number of amides is 2. The molecule has 0 aromatic heterocycles. The molecular formula is C9H13NO4. The third kappa shape index (κ3) is 2.55. The first-order valence-corrected chi connectivity index (χ1v) is 4.56. The van der Waals surface area contributed by atoms with Crippen molar-refractivity contribution in [2.24, 2.45) is 5.92 Å². The maximum atomic E-state index is 11.3. The molecule has 0 radical (unpaired) electrons. The van der Waals surface area contributed by atoms with E-state index in [9.17, 15) is 14.4 Å². The number of rotatable bonds is 1. The lowest BCUT2D eigenvalue weighted by Crippen LogP contribution is -2.40. The Morgan fingerprint density at radius 1 is 1.43 bits per heavy atom. The lowest BCUT2D eigenvalue weighted by molar-refractivity contribution is -0.135. The number of nitrogens with one attached hydrogen (secondary N) is 1.